The molecule has 1 aromatic heterocycles. The van der Waals surface area contributed by atoms with Crippen molar-refractivity contribution in [2.45, 2.75) is 97.0 Å². The van der Waals surface area contributed by atoms with Crippen molar-refractivity contribution < 1.29 is 5.11 Å². The Morgan fingerprint density at radius 3 is 2.03 bits per heavy atom. The number of benzene rings is 1. The first-order valence-electron chi connectivity index (χ1n) is 12.6. The lowest BCUT2D eigenvalue weighted by Gasteiger charge is -2.26. The van der Waals surface area contributed by atoms with E-state index in [0.717, 1.165) is 29.6 Å². The molecule has 1 unspecified atom stereocenters. The van der Waals surface area contributed by atoms with Crippen molar-refractivity contribution in [3.05, 3.63) is 41.0 Å². The fraction of sp³-hybridized carbons (Fsp3) is 0.667. The van der Waals surface area contributed by atoms with Crippen LogP contribution in [0.25, 0.3) is 10.9 Å². The van der Waals surface area contributed by atoms with Crippen molar-refractivity contribution in [3.63, 3.8) is 0 Å². The van der Waals surface area contributed by atoms with Gasteiger partial charge in [0.25, 0.3) is 0 Å². The van der Waals surface area contributed by atoms with Gasteiger partial charge in [-0.1, -0.05) is 89.7 Å². The molecule has 0 aliphatic rings. The first-order chi connectivity index (χ1) is 15.2. The van der Waals surface area contributed by atoms with Crippen LogP contribution in [-0.4, -0.2) is 34.6 Å². The van der Waals surface area contributed by atoms with Gasteiger partial charge in [-0.25, -0.2) is 0 Å². The van der Waals surface area contributed by atoms with Crippen LogP contribution in [0.1, 0.15) is 103 Å². The zero-order valence-electron chi connectivity index (χ0n) is 19.8. The number of fused-ring (bicyclic) bond motifs is 1. The molecule has 174 valence electrons. The minimum atomic E-state index is -0.524. The molecule has 0 saturated heterocycles. The van der Waals surface area contributed by atoms with E-state index in [4.69, 9.17) is 11.6 Å². The van der Waals surface area contributed by atoms with Gasteiger partial charge >= 0.3 is 0 Å². The summed E-state index contributed by atoms with van der Waals surface area (Å²) >= 11 is 6.22. The predicted molar refractivity (Wildman–Crippen MR) is 135 cm³/mol. The second-order valence-corrected chi connectivity index (χ2v) is 9.35. The summed E-state index contributed by atoms with van der Waals surface area (Å²) in [6.45, 7) is 7.35. The maximum absolute atomic E-state index is 11.1. The third-order valence-electron chi connectivity index (χ3n) is 6.18. The molecule has 3 nitrogen and oxygen atoms in total. The minimum Gasteiger partial charge on any atom is -0.387 e. The largest absolute Gasteiger partial charge is 0.387 e. The lowest BCUT2D eigenvalue weighted by Crippen LogP contribution is -2.31. The zero-order chi connectivity index (χ0) is 22.3. The first-order valence-corrected chi connectivity index (χ1v) is 13.0. The molecule has 1 heterocycles. The first kappa shape index (κ1) is 26.1. The number of hydrogen-bond acceptors (Lipinski definition) is 3. The molecule has 0 amide bonds. The van der Waals surface area contributed by atoms with E-state index in [0.29, 0.717) is 11.6 Å². The van der Waals surface area contributed by atoms with Gasteiger partial charge < -0.3 is 10.0 Å². The second kappa shape index (κ2) is 15.6. The number of halogens is 1. The smallest absolute Gasteiger partial charge is 0.0924 e. The minimum absolute atomic E-state index is 0.524. The van der Waals surface area contributed by atoms with Crippen LogP contribution in [0.15, 0.2) is 30.5 Å². The molecular weight excluding hydrogens is 404 g/mol. The van der Waals surface area contributed by atoms with Crippen LogP contribution < -0.4 is 0 Å². The SMILES string of the molecule is CCCCCCCCN(CCCCCCCC)CC(O)c1ccnc2ccc(Cl)cc12. The van der Waals surface area contributed by atoms with Gasteiger partial charge in [-0.05, 0) is 55.8 Å². The highest BCUT2D eigenvalue weighted by atomic mass is 35.5. The Balaban J connectivity index is 1.93. The number of aliphatic hydroxyl groups is 1. The molecule has 2 aromatic rings. The number of rotatable bonds is 17. The Hall–Kier alpha value is -1.16. The highest BCUT2D eigenvalue weighted by Gasteiger charge is 2.16. The quantitative estimate of drug-likeness (QED) is 0.250. The molecule has 1 aromatic carbocycles. The molecule has 0 aliphatic heterocycles. The maximum atomic E-state index is 11.1. The van der Waals surface area contributed by atoms with Crippen LogP contribution in [0.5, 0.6) is 0 Å². The summed E-state index contributed by atoms with van der Waals surface area (Å²) in [4.78, 5) is 6.90. The molecule has 0 aliphatic carbocycles. The third kappa shape index (κ3) is 9.89. The maximum Gasteiger partial charge on any atom is 0.0924 e. The summed E-state index contributed by atoms with van der Waals surface area (Å²) in [5.74, 6) is 0. The molecule has 4 heteroatoms. The van der Waals surface area contributed by atoms with Crippen molar-refractivity contribution in [3.8, 4) is 0 Å². The summed E-state index contributed by atoms with van der Waals surface area (Å²) in [6.07, 6.45) is 16.9. The molecule has 0 bridgehead atoms. The van der Waals surface area contributed by atoms with E-state index in [9.17, 15) is 5.11 Å². The topological polar surface area (TPSA) is 36.4 Å². The van der Waals surface area contributed by atoms with E-state index in [2.05, 4.69) is 23.7 Å². The molecule has 0 radical (unpaired) electrons. The monoisotopic (exact) mass is 446 g/mol. The Morgan fingerprint density at radius 1 is 0.839 bits per heavy atom. The number of hydrogen-bond donors (Lipinski definition) is 1. The van der Waals surface area contributed by atoms with Crippen molar-refractivity contribution in [2.24, 2.45) is 0 Å². The zero-order valence-corrected chi connectivity index (χ0v) is 20.5. The Bertz CT molecular complexity index is 720. The number of nitrogens with zero attached hydrogens (tertiary/aromatic N) is 2. The van der Waals surface area contributed by atoms with Crippen LogP contribution in [0.3, 0.4) is 0 Å². The lowest BCUT2D eigenvalue weighted by atomic mass is 10.0. The molecular formula is C27H43ClN2O. The Kier molecular flexibility index (Phi) is 13.1. The average molecular weight is 447 g/mol. The standard InChI is InChI=1S/C27H43ClN2O/c1-3-5-7-9-11-13-19-30(20-14-12-10-8-6-4-2)22-27(31)24-17-18-29-26-16-15-23(28)21-25(24)26/h15-18,21,27,31H,3-14,19-20,22H2,1-2H3. The van der Waals surface area contributed by atoms with Gasteiger partial charge in [0.1, 0.15) is 0 Å². The van der Waals surface area contributed by atoms with E-state index < -0.39 is 6.10 Å². The van der Waals surface area contributed by atoms with Crippen LogP contribution in [-0.2, 0) is 0 Å². The fourth-order valence-corrected chi connectivity index (χ4v) is 4.47. The van der Waals surface area contributed by atoms with Crippen molar-refractivity contribution >= 4 is 22.5 Å². The summed E-state index contributed by atoms with van der Waals surface area (Å²) in [5.41, 5.74) is 1.82. The molecule has 0 spiro atoms. The van der Waals surface area contributed by atoms with Gasteiger partial charge in [-0.2, -0.15) is 0 Å². The molecule has 1 N–H and O–H groups in total. The van der Waals surface area contributed by atoms with Gasteiger partial charge in [-0.15, -0.1) is 0 Å². The number of aromatic nitrogens is 1. The number of pyridine rings is 1. The van der Waals surface area contributed by atoms with E-state index in [1.54, 1.807) is 6.20 Å². The van der Waals surface area contributed by atoms with E-state index in [-0.39, 0.29) is 0 Å². The second-order valence-electron chi connectivity index (χ2n) is 8.91. The summed E-state index contributed by atoms with van der Waals surface area (Å²) in [6, 6.07) is 7.65. The lowest BCUT2D eigenvalue weighted by molar-refractivity contribution is 0.111. The number of unbranched alkanes of at least 4 members (excludes halogenated alkanes) is 10. The van der Waals surface area contributed by atoms with Crippen LogP contribution in [0, 0.1) is 0 Å². The van der Waals surface area contributed by atoms with Crippen LogP contribution >= 0.6 is 11.6 Å². The average Bonchev–Trinajstić information content (AvgIpc) is 2.77. The highest BCUT2D eigenvalue weighted by molar-refractivity contribution is 6.31. The van der Waals surface area contributed by atoms with Crippen molar-refractivity contribution in [2.75, 3.05) is 19.6 Å². The van der Waals surface area contributed by atoms with E-state index in [1.807, 2.05) is 24.3 Å². The van der Waals surface area contributed by atoms with Gasteiger partial charge in [0.15, 0.2) is 0 Å². The summed E-state index contributed by atoms with van der Waals surface area (Å²) in [7, 11) is 0. The Labute approximate surface area is 195 Å². The van der Waals surface area contributed by atoms with Crippen LogP contribution in [0.2, 0.25) is 5.02 Å². The Morgan fingerprint density at radius 2 is 1.42 bits per heavy atom. The molecule has 0 fully saturated rings. The van der Waals surface area contributed by atoms with Crippen molar-refractivity contribution in [1.82, 2.24) is 9.88 Å². The van der Waals surface area contributed by atoms with Gasteiger partial charge in [0.05, 0.1) is 11.6 Å². The van der Waals surface area contributed by atoms with Gasteiger partial charge in [-0.3, -0.25) is 4.98 Å². The highest BCUT2D eigenvalue weighted by Crippen LogP contribution is 2.26. The molecule has 31 heavy (non-hydrogen) atoms. The number of aliphatic hydroxyl groups excluding tert-OH is 1. The van der Waals surface area contributed by atoms with E-state index in [1.165, 1.54) is 77.0 Å². The summed E-state index contributed by atoms with van der Waals surface area (Å²) in [5, 5.41) is 12.8. The molecule has 0 saturated carbocycles. The third-order valence-corrected chi connectivity index (χ3v) is 6.42. The van der Waals surface area contributed by atoms with Gasteiger partial charge in [0.2, 0.25) is 0 Å². The van der Waals surface area contributed by atoms with Gasteiger partial charge in [0, 0.05) is 23.2 Å². The van der Waals surface area contributed by atoms with Crippen LogP contribution in [0.4, 0.5) is 0 Å². The van der Waals surface area contributed by atoms with E-state index >= 15 is 0 Å². The molecule has 1 atom stereocenters. The normalized spacial score (nSPS) is 12.7. The van der Waals surface area contributed by atoms with Crippen molar-refractivity contribution in [1.29, 1.82) is 0 Å². The molecule has 2 rings (SSSR count). The predicted octanol–water partition coefficient (Wildman–Crippen LogP) is 7.94. The summed E-state index contributed by atoms with van der Waals surface area (Å²) < 4.78 is 0. The fourth-order valence-electron chi connectivity index (χ4n) is 4.30.